The van der Waals surface area contributed by atoms with Gasteiger partial charge in [0.25, 0.3) is 5.22 Å². The van der Waals surface area contributed by atoms with E-state index in [1.54, 1.807) is 0 Å². The number of ether oxygens (including phenoxy) is 1. The maximum absolute atomic E-state index is 12.4. The molecule has 3 aromatic carbocycles. The predicted molar refractivity (Wildman–Crippen MR) is 133 cm³/mol. The molecule has 7 nitrogen and oxygen atoms in total. The van der Waals surface area contributed by atoms with Crippen LogP contribution in [0.5, 0.6) is 5.75 Å². The number of anilines is 1. The number of amides is 1. The molecule has 2 aromatic heterocycles. The van der Waals surface area contributed by atoms with Crippen molar-refractivity contribution in [1.82, 2.24) is 15.2 Å². The van der Waals surface area contributed by atoms with Gasteiger partial charge in [-0.25, -0.2) is 4.98 Å². The van der Waals surface area contributed by atoms with Crippen LogP contribution in [0.3, 0.4) is 0 Å². The highest BCUT2D eigenvalue weighted by Gasteiger charge is 2.16. The Bertz CT molecular complexity index is 1510. The molecular weight excluding hydrogens is 468 g/mol. The summed E-state index contributed by atoms with van der Waals surface area (Å²) in [6.07, 6.45) is 0.909. The molecule has 0 saturated heterocycles. The molecule has 5 aromatic rings. The van der Waals surface area contributed by atoms with Gasteiger partial charge in [0.05, 0.1) is 18.1 Å². The van der Waals surface area contributed by atoms with E-state index in [9.17, 15) is 4.79 Å². The minimum atomic E-state index is -0.182. The smallest absolute Gasteiger partial charge is 0.277 e. The van der Waals surface area contributed by atoms with Gasteiger partial charge in [0.1, 0.15) is 5.75 Å². The van der Waals surface area contributed by atoms with E-state index in [4.69, 9.17) is 9.15 Å². The van der Waals surface area contributed by atoms with E-state index in [2.05, 4.69) is 32.6 Å². The van der Waals surface area contributed by atoms with Crippen molar-refractivity contribution in [2.24, 2.45) is 0 Å². The number of aromatic nitrogens is 3. The molecule has 1 amide bonds. The van der Waals surface area contributed by atoms with Crippen molar-refractivity contribution in [2.75, 3.05) is 17.7 Å². The second-order valence-electron chi connectivity index (χ2n) is 7.73. The van der Waals surface area contributed by atoms with Crippen molar-refractivity contribution < 1.29 is 13.9 Å². The molecule has 1 aliphatic rings. The topological polar surface area (TPSA) is 90.1 Å². The van der Waals surface area contributed by atoms with Crippen LogP contribution < -0.4 is 10.1 Å². The SMILES string of the molecule is O=C(CSc1nnc(-c2ccc3ccccc3c2)o1)Nc1nc(-c2ccc3c(c2)CCO3)cs1. The minimum absolute atomic E-state index is 0.143. The predicted octanol–water partition coefficient (Wildman–Crippen LogP) is 5.68. The summed E-state index contributed by atoms with van der Waals surface area (Å²) in [5.74, 6) is 1.33. The minimum Gasteiger partial charge on any atom is -0.493 e. The molecule has 0 saturated carbocycles. The van der Waals surface area contributed by atoms with Crippen LogP contribution in [0.2, 0.25) is 0 Å². The van der Waals surface area contributed by atoms with Crippen molar-refractivity contribution >= 4 is 44.9 Å². The summed E-state index contributed by atoms with van der Waals surface area (Å²) >= 11 is 2.59. The normalized spacial score (nSPS) is 12.5. The van der Waals surface area contributed by atoms with E-state index in [0.717, 1.165) is 46.4 Å². The number of nitrogens with zero attached hydrogens (tertiary/aromatic N) is 3. The number of hydrogen-bond acceptors (Lipinski definition) is 8. The highest BCUT2D eigenvalue weighted by Crippen LogP contribution is 2.32. The summed E-state index contributed by atoms with van der Waals surface area (Å²) in [5.41, 5.74) is 3.88. The zero-order valence-electron chi connectivity index (χ0n) is 17.9. The van der Waals surface area contributed by atoms with Crippen molar-refractivity contribution in [1.29, 1.82) is 0 Å². The second kappa shape index (κ2) is 8.92. The molecule has 1 aliphatic heterocycles. The molecule has 168 valence electrons. The van der Waals surface area contributed by atoms with Crippen LogP contribution in [-0.2, 0) is 11.2 Å². The van der Waals surface area contributed by atoms with Gasteiger partial charge in [-0.1, -0.05) is 42.1 Å². The number of fused-ring (bicyclic) bond motifs is 2. The third-order valence-electron chi connectivity index (χ3n) is 5.47. The molecule has 0 radical (unpaired) electrons. The number of nitrogens with one attached hydrogen (secondary N) is 1. The first kappa shape index (κ1) is 20.9. The zero-order valence-corrected chi connectivity index (χ0v) is 19.5. The summed E-state index contributed by atoms with van der Waals surface area (Å²) in [5, 5.41) is 16.1. The van der Waals surface area contributed by atoms with Gasteiger partial charge in [0.2, 0.25) is 11.8 Å². The first-order chi connectivity index (χ1) is 16.7. The lowest BCUT2D eigenvalue weighted by atomic mass is 10.1. The fourth-order valence-corrected chi connectivity index (χ4v) is 5.10. The van der Waals surface area contributed by atoms with Crippen LogP contribution >= 0.6 is 23.1 Å². The largest absolute Gasteiger partial charge is 0.493 e. The number of hydrogen-bond donors (Lipinski definition) is 1. The molecule has 0 aliphatic carbocycles. The van der Waals surface area contributed by atoms with Crippen LogP contribution in [0.15, 0.2) is 75.7 Å². The molecule has 34 heavy (non-hydrogen) atoms. The standard InChI is InChI=1S/C25H18N4O3S2/c30-22(27-24-26-20(13-33-24)17-7-8-21-18(12-17)9-10-31-21)14-34-25-29-28-23(32-25)19-6-5-15-3-1-2-4-16(15)11-19/h1-8,11-13H,9-10,14H2,(H,26,27,30). The van der Waals surface area contributed by atoms with Gasteiger partial charge in [-0.15, -0.1) is 21.5 Å². The van der Waals surface area contributed by atoms with Gasteiger partial charge in [-0.2, -0.15) is 0 Å². The molecule has 0 unspecified atom stereocenters. The Hall–Kier alpha value is -3.69. The first-order valence-electron chi connectivity index (χ1n) is 10.7. The second-order valence-corrected chi connectivity index (χ2v) is 9.52. The average molecular weight is 487 g/mol. The molecule has 3 heterocycles. The molecule has 1 N–H and O–H groups in total. The quantitative estimate of drug-likeness (QED) is 0.309. The van der Waals surface area contributed by atoms with Crippen molar-refractivity contribution in [3.8, 4) is 28.5 Å². The highest BCUT2D eigenvalue weighted by molar-refractivity contribution is 7.99. The van der Waals surface area contributed by atoms with E-state index in [-0.39, 0.29) is 11.7 Å². The summed E-state index contributed by atoms with van der Waals surface area (Å²) in [4.78, 5) is 17.0. The molecule has 6 rings (SSSR count). The summed E-state index contributed by atoms with van der Waals surface area (Å²) in [6.45, 7) is 0.721. The third kappa shape index (κ3) is 4.27. The Morgan fingerprint density at radius 2 is 1.91 bits per heavy atom. The van der Waals surface area contributed by atoms with Crippen LogP contribution in [0.1, 0.15) is 5.56 Å². The van der Waals surface area contributed by atoms with E-state index >= 15 is 0 Å². The molecule has 0 spiro atoms. The van der Waals surface area contributed by atoms with E-state index < -0.39 is 0 Å². The van der Waals surface area contributed by atoms with Crippen LogP contribution in [-0.4, -0.2) is 33.4 Å². The Morgan fingerprint density at radius 1 is 1.03 bits per heavy atom. The summed E-state index contributed by atoms with van der Waals surface area (Å²) in [6, 6.07) is 20.1. The maximum Gasteiger partial charge on any atom is 0.277 e. The lowest BCUT2D eigenvalue weighted by Crippen LogP contribution is -2.13. The highest BCUT2D eigenvalue weighted by atomic mass is 32.2. The molecular formula is C25H18N4O3S2. The average Bonchev–Trinajstić information content (AvgIpc) is 3.63. The van der Waals surface area contributed by atoms with Crippen LogP contribution in [0.4, 0.5) is 5.13 Å². The molecule has 0 atom stereocenters. The fourth-order valence-electron chi connectivity index (χ4n) is 3.80. The Morgan fingerprint density at radius 3 is 2.85 bits per heavy atom. The van der Waals surface area contributed by atoms with Gasteiger partial charge in [0.15, 0.2) is 5.13 Å². The number of thiazole rings is 1. The fraction of sp³-hybridized carbons (Fsp3) is 0.120. The number of thioether (sulfide) groups is 1. The Labute approximate surface area is 203 Å². The van der Waals surface area contributed by atoms with E-state index in [0.29, 0.717) is 16.2 Å². The van der Waals surface area contributed by atoms with Crippen molar-refractivity contribution in [3.63, 3.8) is 0 Å². The first-order valence-corrected chi connectivity index (χ1v) is 12.5. The maximum atomic E-state index is 12.4. The van der Waals surface area contributed by atoms with Crippen LogP contribution in [0.25, 0.3) is 33.5 Å². The van der Waals surface area contributed by atoms with Gasteiger partial charge in [-0.05, 0) is 46.7 Å². The number of carbonyl (C=O) groups excluding carboxylic acids is 1. The Kier molecular flexibility index (Phi) is 5.48. The van der Waals surface area contributed by atoms with Crippen molar-refractivity contribution in [2.45, 2.75) is 11.6 Å². The third-order valence-corrected chi connectivity index (χ3v) is 7.04. The van der Waals surface area contributed by atoms with Gasteiger partial charge in [0, 0.05) is 22.9 Å². The van der Waals surface area contributed by atoms with E-state index in [1.165, 1.54) is 28.7 Å². The summed E-state index contributed by atoms with van der Waals surface area (Å²) < 4.78 is 11.3. The zero-order chi connectivity index (χ0) is 22.9. The monoisotopic (exact) mass is 486 g/mol. The van der Waals surface area contributed by atoms with Gasteiger partial charge < -0.3 is 14.5 Å². The van der Waals surface area contributed by atoms with Crippen LogP contribution in [0, 0.1) is 0 Å². The van der Waals surface area contributed by atoms with Gasteiger partial charge in [-0.3, -0.25) is 4.79 Å². The molecule has 0 bridgehead atoms. The molecule has 9 heteroatoms. The Balaban J connectivity index is 1.07. The van der Waals surface area contributed by atoms with Gasteiger partial charge >= 0.3 is 0 Å². The number of rotatable bonds is 6. The lowest BCUT2D eigenvalue weighted by molar-refractivity contribution is -0.113. The van der Waals surface area contributed by atoms with E-state index in [1.807, 2.05) is 53.9 Å². The summed E-state index contributed by atoms with van der Waals surface area (Å²) in [7, 11) is 0. The number of benzene rings is 3. The lowest BCUT2D eigenvalue weighted by Gasteiger charge is -2.02. The number of carbonyl (C=O) groups is 1. The van der Waals surface area contributed by atoms with Crippen molar-refractivity contribution in [3.05, 3.63) is 71.6 Å². The molecule has 0 fully saturated rings.